The van der Waals surface area contributed by atoms with Crippen molar-refractivity contribution in [1.82, 2.24) is 4.98 Å². The van der Waals surface area contributed by atoms with Crippen LogP contribution in [0.4, 0.5) is 0 Å². The number of benzene rings is 2. The van der Waals surface area contributed by atoms with Crippen LogP contribution in [0, 0.1) is 6.92 Å². The molecule has 3 aromatic rings. The molecule has 0 saturated heterocycles. The Morgan fingerprint density at radius 3 is 2.65 bits per heavy atom. The number of hydrogen-bond donors (Lipinski definition) is 1. The number of aryl methyl sites for hydroxylation is 1. The van der Waals surface area contributed by atoms with E-state index >= 15 is 0 Å². The molecule has 0 spiro atoms. The Hall–Kier alpha value is -1.90. The number of hydrogen-bond acceptors (Lipinski definition) is 2. The number of fused-ring (bicyclic) bond motifs is 1. The van der Waals surface area contributed by atoms with Gasteiger partial charge in [0.1, 0.15) is 6.10 Å². The van der Waals surface area contributed by atoms with Gasteiger partial charge in [0.15, 0.2) is 0 Å². The second-order valence-electron chi connectivity index (χ2n) is 4.87. The monoisotopic (exact) mass is 283 g/mol. The maximum Gasteiger partial charge on any atom is 0.106 e. The van der Waals surface area contributed by atoms with Crippen molar-refractivity contribution in [3.05, 3.63) is 76.4 Å². The number of rotatable bonds is 2. The first-order valence-corrected chi connectivity index (χ1v) is 6.82. The van der Waals surface area contributed by atoms with Crippen LogP contribution in [0.15, 0.2) is 54.7 Å². The van der Waals surface area contributed by atoms with Crippen LogP contribution < -0.4 is 0 Å². The molecule has 20 heavy (non-hydrogen) atoms. The highest BCUT2D eigenvalue weighted by molar-refractivity contribution is 6.31. The summed E-state index contributed by atoms with van der Waals surface area (Å²) in [4.78, 5) is 4.38. The molecule has 0 bridgehead atoms. The van der Waals surface area contributed by atoms with Crippen molar-refractivity contribution in [1.29, 1.82) is 0 Å². The molecule has 2 aromatic carbocycles. The number of halogens is 1. The predicted octanol–water partition coefficient (Wildman–Crippen LogP) is 4.28. The molecular formula is C17H14ClNO. The molecular weight excluding hydrogens is 270 g/mol. The van der Waals surface area contributed by atoms with Gasteiger partial charge in [-0.05, 0) is 36.2 Å². The summed E-state index contributed by atoms with van der Waals surface area (Å²) in [5.74, 6) is 0. The minimum absolute atomic E-state index is 0.692. The molecule has 3 heteroatoms. The summed E-state index contributed by atoms with van der Waals surface area (Å²) in [5.41, 5.74) is 3.49. The first kappa shape index (κ1) is 13.1. The van der Waals surface area contributed by atoms with E-state index in [4.69, 9.17) is 11.6 Å². The Labute approximate surface area is 122 Å². The van der Waals surface area contributed by atoms with E-state index in [0.717, 1.165) is 27.6 Å². The molecule has 1 atom stereocenters. The molecule has 1 heterocycles. The molecule has 0 saturated carbocycles. The number of nitrogens with zero attached hydrogens (tertiary/aromatic N) is 1. The largest absolute Gasteiger partial charge is 0.384 e. The van der Waals surface area contributed by atoms with Gasteiger partial charge < -0.3 is 5.11 Å². The topological polar surface area (TPSA) is 33.1 Å². The van der Waals surface area contributed by atoms with Crippen LogP contribution in [-0.4, -0.2) is 10.1 Å². The maximum atomic E-state index is 10.5. The summed E-state index contributed by atoms with van der Waals surface area (Å²) in [6.07, 6.45) is 1.03. The van der Waals surface area contributed by atoms with Crippen LogP contribution in [0.3, 0.4) is 0 Å². The van der Waals surface area contributed by atoms with E-state index in [1.54, 1.807) is 6.20 Å². The zero-order valence-corrected chi connectivity index (χ0v) is 11.8. The van der Waals surface area contributed by atoms with E-state index in [1.807, 2.05) is 55.5 Å². The van der Waals surface area contributed by atoms with Crippen molar-refractivity contribution in [2.75, 3.05) is 0 Å². The summed E-state index contributed by atoms with van der Waals surface area (Å²) in [6, 6.07) is 15.4. The molecule has 0 aliphatic heterocycles. The highest BCUT2D eigenvalue weighted by Gasteiger charge is 2.12. The number of para-hydroxylation sites is 1. The fourth-order valence-corrected chi connectivity index (χ4v) is 2.39. The molecule has 1 N–H and O–H groups in total. The van der Waals surface area contributed by atoms with E-state index < -0.39 is 6.10 Å². The standard InChI is InChI=1S/C17H14ClNO/c1-11-8-13(6-7-15(11)18)17(20)14-9-12-4-2-3-5-16(12)19-10-14/h2-10,17,20H,1H3. The highest BCUT2D eigenvalue weighted by Crippen LogP contribution is 2.26. The van der Waals surface area contributed by atoms with Gasteiger partial charge in [0.2, 0.25) is 0 Å². The molecule has 2 nitrogen and oxygen atoms in total. The Morgan fingerprint density at radius 1 is 1.05 bits per heavy atom. The molecule has 1 aromatic heterocycles. The fraction of sp³-hybridized carbons (Fsp3) is 0.118. The van der Waals surface area contributed by atoms with Gasteiger partial charge in [0, 0.05) is 22.2 Å². The average molecular weight is 284 g/mol. The van der Waals surface area contributed by atoms with Crippen LogP contribution in [0.2, 0.25) is 5.02 Å². The molecule has 0 aliphatic rings. The Morgan fingerprint density at radius 2 is 1.85 bits per heavy atom. The van der Waals surface area contributed by atoms with Crippen LogP contribution in [0.1, 0.15) is 22.8 Å². The molecule has 3 rings (SSSR count). The average Bonchev–Trinajstić information content (AvgIpc) is 2.49. The SMILES string of the molecule is Cc1cc(C(O)c2cnc3ccccc3c2)ccc1Cl. The van der Waals surface area contributed by atoms with Gasteiger partial charge in [0.05, 0.1) is 5.52 Å². The minimum atomic E-state index is -0.692. The summed E-state index contributed by atoms with van der Waals surface area (Å²) in [6.45, 7) is 1.93. The second-order valence-corrected chi connectivity index (χ2v) is 5.28. The van der Waals surface area contributed by atoms with E-state index in [9.17, 15) is 5.11 Å². The minimum Gasteiger partial charge on any atom is -0.384 e. The van der Waals surface area contributed by atoms with Gasteiger partial charge in [-0.1, -0.05) is 41.9 Å². The van der Waals surface area contributed by atoms with Crippen LogP contribution >= 0.6 is 11.6 Å². The number of aliphatic hydroxyl groups excluding tert-OH is 1. The first-order valence-electron chi connectivity index (χ1n) is 6.44. The number of aliphatic hydroxyl groups is 1. The second kappa shape index (κ2) is 5.23. The lowest BCUT2D eigenvalue weighted by Gasteiger charge is -2.13. The molecule has 100 valence electrons. The highest BCUT2D eigenvalue weighted by atomic mass is 35.5. The van der Waals surface area contributed by atoms with Crippen molar-refractivity contribution in [2.45, 2.75) is 13.0 Å². The van der Waals surface area contributed by atoms with E-state index in [1.165, 1.54) is 0 Å². The third kappa shape index (κ3) is 2.40. The Balaban J connectivity index is 2.02. The van der Waals surface area contributed by atoms with Gasteiger partial charge in [-0.2, -0.15) is 0 Å². The molecule has 0 amide bonds. The predicted molar refractivity (Wildman–Crippen MR) is 82.0 cm³/mol. The lowest BCUT2D eigenvalue weighted by Crippen LogP contribution is -2.01. The van der Waals surface area contributed by atoms with Crippen LogP contribution in [0.25, 0.3) is 10.9 Å². The zero-order valence-electron chi connectivity index (χ0n) is 11.0. The van der Waals surface area contributed by atoms with Crippen molar-refractivity contribution in [3.63, 3.8) is 0 Å². The summed E-state index contributed by atoms with van der Waals surface area (Å²) in [5, 5.41) is 12.2. The van der Waals surface area contributed by atoms with Gasteiger partial charge in [-0.25, -0.2) is 0 Å². The van der Waals surface area contributed by atoms with E-state index in [0.29, 0.717) is 5.02 Å². The van der Waals surface area contributed by atoms with E-state index in [2.05, 4.69) is 4.98 Å². The number of pyridine rings is 1. The van der Waals surface area contributed by atoms with Crippen molar-refractivity contribution < 1.29 is 5.11 Å². The van der Waals surface area contributed by atoms with Gasteiger partial charge >= 0.3 is 0 Å². The third-order valence-electron chi connectivity index (χ3n) is 3.43. The van der Waals surface area contributed by atoms with Gasteiger partial charge in [-0.3, -0.25) is 4.98 Å². The van der Waals surface area contributed by atoms with Crippen LogP contribution in [-0.2, 0) is 0 Å². The van der Waals surface area contributed by atoms with Crippen molar-refractivity contribution >= 4 is 22.5 Å². The Kier molecular flexibility index (Phi) is 3.43. The third-order valence-corrected chi connectivity index (χ3v) is 3.85. The molecule has 1 unspecified atom stereocenters. The summed E-state index contributed by atoms with van der Waals surface area (Å²) >= 11 is 6.02. The normalized spacial score (nSPS) is 12.6. The van der Waals surface area contributed by atoms with Crippen LogP contribution in [0.5, 0.6) is 0 Å². The lowest BCUT2D eigenvalue weighted by molar-refractivity contribution is 0.220. The summed E-state index contributed by atoms with van der Waals surface area (Å²) < 4.78 is 0. The zero-order chi connectivity index (χ0) is 14.1. The number of aromatic nitrogens is 1. The molecule has 0 radical (unpaired) electrons. The first-order chi connectivity index (χ1) is 9.65. The summed E-state index contributed by atoms with van der Waals surface area (Å²) in [7, 11) is 0. The molecule has 0 aliphatic carbocycles. The smallest absolute Gasteiger partial charge is 0.106 e. The quantitative estimate of drug-likeness (QED) is 0.761. The molecule has 0 fully saturated rings. The lowest BCUT2D eigenvalue weighted by atomic mass is 10.00. The Bertz CT molecular complexity index is 770. The maximum absolute atomic E-state index is 10.5. The van der Waals surface area contributed by atoms with E-state index in [-0.39, 0.29) is 0 Å². The van der Waals surface area contributed by atoms with Gasteiger partial charge in [0.25, 0.3) is 0 Å². The van der Waals surface area contributed by atoms with Crippen molar-refractivity contribution in [3.8, 4) is 0 Å². The van der Waals surface area contributed by atoms with Crippen molar-refractivity contribution in [2.24, 2.45) is 0 Å². The van der Waals surface area contributed by atoms with Gasteiger partial charge in [-0.15, -0.1) is 0 Å². The fourth-order valence-electron chi connectivity index (χ4n) is 2.27.